The Morgan fingerprint density at radius 2 is 1.21 bits per heavy atom. The molecule has 2 aliphatic rings. The standard InChI is InChI=1S/C29H28N6O4/c1-18(36)34-15-3-5-26(34)28(38)30-22-11-7-20(8-12-22)24-17-25(33-32-24)21-9-13-23(14-10-21)31-29(39)27-6-4-16-35(27)19(2)37/h3-14,17,26-27H,15-16H2,1-2H3,(H,30,38)(H,31,39)(H,32,33). The van der Waals surface area contributed by atoms with Crippen LogP contribution in [0.4, 0.5) is 11.4 Å². The Balaban J connectivity index is 1.21. The Hall–Kier alpha value is -4.99. The molecule has 39 heavy (non-hydrogen) atoms. The number of hydrogen-bond donors (Lipinski definition) is 3. The fraction of sp³-hybridized carbons (Fsp3) is 0.207. The number of anilines is 2. The zero-order valence-electron chi connectivity index (χ0n) is 21.5. The fourth-order valence-corrected chi connectivity index (χ4v) is 4.66. The van der Waals surface area contributed by atoms with Crippen LogP contribution in [0.15, 0.2) is 78.9 Å². The molecule has 0 aliphatic carbocycles. The van der Waals surface area contributed by atoms with Gasteiger partial charge in [-0.05, 0) is 35.9 Å². The molecule has 2 unspecified atom stereocenters. The molecule has 198 valence electrons. The van der Waals surface area contributed by atoms with Gasteiger partial charge < -0.3 is 20.4 Å². The second-order valence-corrected chi connectivity index (χ2v) is 9.39. The van der Waals surface area contributed by atoms with Crippen molar-refractivity contribution >= 4 is 35.0 Å². The number of aromatic amines is 1. The predicted molar refractivity (Wildman–Crippen MR) is 147 cm³/mol. The van der Waals surface area contributed by atoms with Gasteiger partial charge in [-0.25, -0.2) is 0 Å². The summed E-state index contributed by atoms with van der Waals surface area (Å²) in [7, 11) is 0. The van der Waals surface area contributed by atoms with E-state index >= 15 is 0 Å². The third kappa shape index (κ3) is 5.49. The number of rotatable bonds is 6. The maximum Gasteiger partial charge on any atom is 0.251 e. The molecule has 0 saturated carbocycles. The summed E-state index contributed by atoms with van der Waals surface area (Å²) in [6, 6.07) is 15.4. The highest BCUT2D eigenvalue weighted by Gasteiger charge is 2.29. The van der Waals surface area contributed by atoms with Crippen molar-refractivity contribution in [1.82, 2.24) is 20.0 Å². The molecule has 0 radical (unpaired) electrons. The van der Waals surface area contributed by atoms with Crippen LogP contribution in [-0.4, -0.2) is 68.8 Å². The normalized spacial score (nSPS) is 17.9. The van der Waals surface area contributed by atoms with Gasteiger partial charge in [-0.15, -0.1) is 0 Å². The molecule has 0 bridgehead atoms. The molecule has 5 rings (SSSR count). The summed E-state index contributed by atoms with van der Waals surface area (Å²) in [6.45, 7) is 3.77. The lowest BCUT2D eigenvalue weighted by molar-refractivity contribution is -0.134. The lowest BCUT2D eigenvalue weighted by Gasteiger charge is -2.22. The molecule has 2 atom stereocenters. The Bertz CT molecular complexity index is 1360. The molecule has 1 aromatic heterocycles. The second kappa shape index (κ2) is 10.8. The highest BCUT2D eigenvalue weighted by molar-refractivity contribution is 5.99. The number of hydrogen-bond acceptors (Lipinski definition) is 5. The van der Waals surface area contributed by atoms with Gasteiger partial charge in [0.05, 0.1) is 11.4 Å². The van der Waals surface area contributed by atoms with E-state index < -0.39 is 12.1 Å². The van der Waals surface area contributed by atoms with E-state index in [1.165, 1.54) is 23.6 Å². The van der Waals surface area contributed by atoms with Gasteiger partial charge in [0.1, 0.15) is 12.1 Å². The number of H-pyrrole nitrogens is 1. The van der Waals surface area contributed by atoms with Crippen LogP contribution in [0.3, 0.4) is 0 Å². The van der Waals surface area contributed by atoms with E-state index in [1.54, 1.807) is 36.4 Å². The number of nitrogens with zero attached hydrogens (tertiary/aromatic N) is 3. The summed E-state index contributed by atoms with van der Waals surface area (Å²) in [4.78, 5) is 51.7. The summed E-state index contributed by atoms with van der Waals surface area (Å²) >= 11 is 0. The van der Waals surface area contributed by atoms with Gasteiger partial charge in [0.15, 0.2) is 0 Å². The van der Waals surface area contributed by atoms with Gasteiger partial charge in [-0.2, -0.15) is 5.10 Å². The van der Waals surface area contributed by atoms with Gasteiger partial charge in [-0.3, -0.25) is 24.3 Å². The van der Waals surface area contributed by atoms with E-state index in [-0.39, 0.29) is 23.6 Å². The van der Waals surface area contributed by atoms with Crippen molar-refractivity contribution in [2.45, 2.75) is 25.9 Å². The van der Waals surface area contributed by atoms with Crippen molar-refractivity contribution in [1.29, 1.82) is 0 Å². The number of carbonyl (C=O) groups is 4. The van der Waals surface area contributed by atoms with E-state index in [4.69, 9.17) is 0 Å². The van der Waals surface area contributed by atoms with Crippen LogP contribution in [-0.2, 0) is 19.2 Å². The van der Waals surface area contributed by atoms with Crippen LogP contribution in [0.1, 0.15) is 13.8 Å². The van der Waals surface area contributed by atoms with Crippen molar-refractivity contribution in [2.75, 3.05) is 23.7 Å². The first-order valence-corrected chi connectivity index (χ1v) is 12.6. The second-order valence-electron chi connectivity index (χ2n) is 9.39. The highest BCUT2D eigenvalue weighted by Crippen LogP contribution is 2.26. The molecule has 3 aromatic rings. The first-order valence-electron chi connectivity index (χ1n) is 12.6. The molecule has 0 spiro atoms. The van der Waals surface area contributed by atoms with Gasteiger partial charge in [-0.1, -0.05) is 48.6 Å². The van der Waals surface area contributed by atoms with Crippen LogP contribution in [0.25, 0.3) is 22.5 Å². The average Bonchev–Trinajstić information content (AvgIpc) is 3.70. The Morgan fingerprint density at radius 3 is 1.67 bits per heavy atom. The fourth-order valence-electron chi connectivity index (χ4n) is 4.66. The van der Waals surface area contributed by atoms with Crippen LogP contribution < -0.4 is 10.6 Å². The number of amides is 4. The van der Waals surface area contributed by atoms with Crippen molar-refractivity contribution in [3.8, 4) is 22.5 Å². The summed E-state index contributed by atoms with van der Waals surface area (Å²) in [5.41, 5.74) is 4.55. The largest absolute Gasteiger partial charge is 0.324 e. The van der Waals surface area contributed by atoms with Crippen LogP contribution in [0.5, 0.6) is 0 Å². The molecular weight excluding hydrogens is 496 g/mol. The van der Waals surface area contributed by atoms with E-state index in [0.29, 0.717) is 24.5 Å². The molecule has 0 saturated heterocycles. The molecule has 2 aromatic carbocycles. The molecule has 3 N–H and O–H groups in total. The quantitative estimate of drug-likeness (QED) is 0.427. The SMILES string of the molecule is CC(=O)N1CC=CC1C(=O)Nc1ccc(-c2cc(-c3ccc(NC(=O)C4C=CCN4C(C)=O)cc3)[nH]n2)cc1. The topological polar surface area (TPSA) is 127 Å². The maximum atomic E-state index is 12.6. The summed E-state index contributed by atoms with van der Waals surface area (Å²) in [6.07, 6.45) is 7.08. The van der Waals surface area contributed by atoms with Gasteiger partial charge in [0.2, 0.25) is 11.8 Å². The van der Waals surface area contributed by atoms with E-state index in [2.05, 4.69) is 20.8 Å². The van der Waals surface area contributed by atoms with Gasteiger partial charge in [0.25, 0.3) is 11.8 Å². The van der Waals surface area contributed by atoms with Crippen molar-refractivity contribution < 1.29 is 19.2 Å². The number of aromatic nitrogens is 2. The van der Waals surface area contributed by atoms with E-state index in [0.717, 1.165) is 22.5 Å². The number of benzene rings is 2. The minimum atomic E-state index is -0.606. The summed E-state index contributed by atoms with van der Waals surface area (Å²) < 4.78 is 0. The van der Waals surface area contributed by atoms with Gasteiger partial charge >= 0.3 is 0 Å². The molecule has 4 amide bonds. The lowest BCUT2D eigenvalue weighted by Crippen LogP contribution is -2.42. The van der Waals surface area contributed by atoms with Crippen molar-refractivity contribution in [3.05, 3.63) is 78.9 Å². The summed E-state index contributed by atoms with van der Waals surface area (Å²) in [5, 5.41) is 13.2. The smallest absolute Gasteiger partial charge is 0.251 e. The van der Waals surface area contributed by atoms with Crippen LogP contribution in [0.2, 0.25) is 0 Å². The molecule has 10 nitrogen and oxygen atoms in total. The van der Waals surface area contributed by atoms with Crippen LogP contribution in [0, 0.1) is 0 Å². The van der Waals surface area contributed by atoms with E-state index in [9.17, 15) is 19.2 Å². The number of carbonyl (C=O) groups excluding carboxylic acids is 4. The highest BCUT2D eigenvalue weighted by atomic mass is 16.2. The lowest BCUT2D eigenvalue weighted by atomic mass is 10.1. The summed E-state index contributed by atoms with van der Waals surface area (Å²) in [5.74, 6) is -0.811. The first kappa shape index (κ1) is 25.7. The molecule has 10 heteroatoms. The molecule has 2 aliphatic heterocycles. The first-order chi connectivity index (χ1) is 18.8. The molecular formula is C29H28N6O4. The zero-order valence-corrected chi connectivity index (χ0v) is 21.5. The molecule has 0 fully saturated rings. The minimum absolute atomic E-state index is 0.146. The number of nitrogens with one attached hydrogen (secondary N) is 3. The predicted octanol–water partition coefficient (Wildman–Crippen LogP) is 3.19. The maximum absolute atomic E-state index is 12.6. The van der Waals surface area contributed by atoms with Crippen molar-refractivity contribution in [3.63, 3.8) is 0 Å². The Morgan fingerprint density at radius 1 is 0.744 bits per heavy atom. The zero-order chi connectivity index (χ0) is 27.5. The van der Waals surface area contributed by atoms with E-state index in [1.807, 2.05) is 42.5 Å². The minimum Gasteiger partial charge on any atom is -0.324 e. The molecule has 3 heterocycles. The Labute approximate surface area is 225 Å². The average molecular weight is 525 g/mol. The Kier molecular flexibility index (Phi) is 7.09. The third-order valence-electron chi connectivity index (χ3n) is 6.75. The van der Waals surface area contributed by atoms with Crippen LogP contribution >= 0.6 is 0 Å². The van der Waals surface area contributed by atoms with Crippen molar-refractivity contribution in [2.24, 2.45) is 0 Å². The third-order valence-corrected chi connectivity index (χ3v) is 6.75. The monoisotopic (exact) mass is 524 g/mol. The van der Waals surface area contributed by atoms with Gasteiger partial charge in [0, 0.05) is 43.9 Å².